The predicted molar refractivity (Wildman–Crippen MR) is 74.8 cm³/mol. The second kappa shape index (κ2) is 6.50. The highest BCUT2D eigenvalue weighted by Gasteiger charge is 2.12. The van der Waals surface area contributed by atoms with E-state index in [1.165, 1.54) is 18.2 Å². The van der Waals surface area contributed by atoms with Gasteiger partial charge in [-0.25, -0.2) is 4.39 Å². The molecule has 0 spiro atoms. The van der Waals surface area contributed by atoms with Crippen molar-refractivity contribution in [2.24, 2.45) is 0 Å². The van der Waals surface area contributed by atoms with Gasteiger partial charge in [-0.05, 0) is 24.3 Å². The third-order valence-electron chi connectivity index (χ3n) is 2.60. The van der Waals surface area contributed by atoms with Crippen LogP contribution < -0.4 is 5.32 Å². The molecule has 4 heteroatoms. The largest absolute Gasteiger partial charge is 0.384 e. The number of aliphatic hydroxyl groups is 1. The number of rotatable bonds is 2. The van der Waals surface area contributed by atoms with E-state index in [-0.39, 0.29) is 12.2 Å². The molecule has 0 saturated heterocycles. The zero-order chi connectivity index (χ0) is 14.4. The lowest BCUT2D eigenvalue weighted by molar-refractivity contribution is 0.102. The van der Waals surface area contributed by atoms with Crippen LogP contribution in [-0.4, -0.2) is 17.6 Å². The van der Waals surface area contributed by atoms with Gasteiger partial charge in [-0.15, -0.1) is 0 Å². The minimum Gasteiger partial charge on any atom is -0.384 e. The minimum absolute atomic E-state index is 0.0302. The zero-order valence-corrected chi connectivity index (χ0v) is 10.6. The molecular formula is C16H12FNO2. The normalized spacial score (nSPS) is 9.50. The molecule has 0 aliphatic carbocycles. The van der Waals surface area contributed by atoms with Gasteiger partial charge in [0.25, 0.3) is 5.91 Å². The Balaban J connectivity index is 2.27. The van der Waals surface area contributed by atoms with Crippen molar-refractivity contribution in [2.45, 2.75) is 0 Å². The van der Waals surface area contributed by atoms with E-state index < -0.39 is 11.7 Å². The van der Waals surface area contributed by atoms with E-state index in [0.29, 0.717) is 11.3 Å². The molecule has 0 aromatic heterocycles. The Morgan fingerprint density at radius 1 is 1.15 bits per heavy atom. The number of para-hydroxylation sites is 1. The Morgan fingerprint density at radius 2 is 1.85 bits per heavy atom. The van der Waals surface area contributed by atoms with E-state index in [9.17, 15) is 9.18 Å². The Labute approximate surface area is 116 Å². The van der Waals surface area contributed by atoms with Gasteiger partial charge in [0.15, 0.2) is 0 Å². The van der Waals surface area contributed by atoms with Crippen molar-refractivity contribution in [3.8, 4) is 11.8 Å². The molecule has 0 unspecified atom stereocenters. The van der Waals surface area contributed by atoms with Crippen LogP contribution in [0.1, 0.15) is 15.9 Å². The van der Waals surface area contributed by atoms with Crippen LogP contribution in [0.15, 0.2) is 48.5 Å². The van der Waals surface area contributed by atoms with E-state index >= 15 is 0 Å². The smallest absolute Gasteiger partial charge is 0.258 e. The summed E-state index contributed by atoms with van der Waals surface area (Å²) in [5, 5.41) is 11.3. The van der Waals surface area contributed by atoms with E-state index in [1.54, 1.807) is 30.3 Å². The molecule has 100 valence electrons. The van der Waals surface area contributed by atoms with E-state index in [4.69, 9.17) is 5.11 Å². The summed E-state index contributed by atoms with van der Waals surface area (Å²) >= 11 is 0. The van der Waals surface area contributed by atoms with E-state index in [0.717, 1.165) is 0 Å². The van der Waals surface area contributed by atoms with Crippen LogP contribution in [-0.2, 0) is 0 Å². The summed E-state index contributed by atoms with van der Waals surface area (Å²) in [5.41, 5.74) is 1.00. The van der Waals surface area contributed by atoms with Crippen molar-refractivity contribution >= 4 is 11.6 Å². The molecule has 2 aromatic rings. The standard InChI is InChI=1S/C16H12FNO2/c17-14-9-3-2-8-13(14)16(20)18-15-10-4-1-6-12(15)7-5-11-19/h1-4,6,8-10,19H,11H2,(H,18,20). The number of halogens is 1. The van der Waals surface area contributed by atoms with Gasteiger partial charge in [0.2, 0.25) is 0 Å². The molecule has 2 aromatic carbocycles. The first-order valence-corrected chi connectivity index (χ1v) is 5.97. The Bertz CT molecular complexity index is 686. The highest BCUT2D eigenvalue weighted by molar-refractivity contribution is 6.05. The number of carbonyl (C=O) groups excluding carboxylic acids is 1. The highest BCUT2D eigenvalue weighted by atomic mass is 19.1. The van der Waals surface area contributed by atoms with Gasteiger partial charge in [0.05, 0.1) is 11.3 Å². The molecule has 0 atom stereocenters. The summed E-state index contributed by atoms with van der Waals surface area (Å²) in [6.07, 6.45) is 0. The molecule has 0 aliphatic heterocycles. The van der Waals surface area contributed by atoms with Gasteiger partial charge < -0.3 is 10.4 Å². The molecule has 2 rings (SSSR count). The van der Waals surface area contributed by atoms with Crippen molar-refractivity contribution in [1.29, 1.82) is 0 Å². The van der Waals surface area contributed by atoms with Crippen LogP contribution in [0.4, 0.5) is 10.1 Å². The average Bonchev–Trinajstić information content (AvgIpc) is 2.46. The first-order valence-electron chi connectivity index (χ1n) is 5.97. The number of anilines is 1. The molecule has 20 heavy (non-hydrogen) atoms. The lowest BCUT2D eigenvalue weighted by Crippen LogP contribution is -2.14. The van der Waals surface area contributed by atoms with Gasteiger partial charge in [-0.2, -0.15) is 0 Å². The number of hydrogen-bond acceptors (Lipinski definition) is 2. The molecule has 0 fully saturated rings. The number of hydrogen-bond donors (Lipinski definition) is 2. The maximum absolute atomic E-state index is 13.5. The van der Waals surface area contributed by atoms with Crippen molar-refractivity contribution in [1.82, 2.24) is 0 Å². The molecule has 0 saturated carbocycles. The van der Waals surface area contributed by atoms with Gasteiger partial charge in [-0.3, -0.25) is 4.79 Å². The number of benzene rings is 2. The summed E-state index contributed by atoms with van der Waals surface area (Å²) < 4.78 is 13.5. The fourth-order valence-corrected chi connectivity index (χ4v) is 1.67. The van der Waals surface area contributed by atoms with Gasteiger partial charge >= 0.3 is 0 Å². The van der Waals surface area contributed by atoms with Crippen molar-refractivity contribution in [3.63, 3.8) is 0 Å². The number of aliphatic hydroxyl groups excluding tert-OH is 1. The molecule has 0 aliphatic rings. The van der Waals surface area contributed by atoms with Gasteiger partial charge in [-0.1, -0.05) is 36.1 Å². The number of nitrogens with one attached hydrogen (secondary N) is 1. The molecule has 2 N–H and O–H groups in total. The summed E-state index contributed by atoms with van der Waals surface area (Å²) in [5.74, 6) is 4.12. The zero-order valence-electron chi connectivity index (χ0n) is 10.6. The van der Waals surface area contributed by atoms with E-state index in [2.05, 4.69) is 17.2 Å². The second-order valence-corrected chi connectivity index (χ2v) is 3.94. The van der Waals surface area contributed by atoms with Crippen LogP contribution >= 0.6 is 0 Å². The monoisotopic (exact) mass is 269 g/mol. The third kappa shape index (κ3) is 3.22. The Morgan fingerprint density at radius 3 is 2.60 bits per heavy atom. The van der Waals surface area contributed by atoms with Gasteiger partial charge in [0.1, 0.15) is 12.4 Å². The van der Waals surface area contributed by atoms with E-state index in [1.807, 2.05) is 0 Å². The van der Waals surface area contributed by atoms with Crippen molar-refractivity contribution < 1.29 is 14.3 Å². The maximum Gasteiger partial charge on any atom is 0.258 e. The lowest BCUT2D eigenvalue weighted by atomic mass is 10.1. The van der Waals surface area contributed by atoms with Crippen LogP contribution in [0.3, 0.4) is 0 Å². The first kappa shape index (κ1) is 13.8. The predicted octanol–water partition coefficient (Wildman–Crippen LogP) is 2.42. The Hall–Kier alpha value is -2.64. The van der Waals surface area contributed by atoms with Crippen LogP contribution in [0.5, 0.6) is 0 Å². The number of carbonyl (C=O) groups is 1. The van der Waals surface area contributed by atoms with Gasteiger partial charge in [0, 0.05) is 5.56 Å². The number of amides is 1. The summed E-state index contributed by atoms with van der Waals surface area (Å²) in [4.78, 5) is 12.0. The molecular weight excluding hydrogens is 257 g/mol. The SMILES string of the molecule is O=C(Nc1ccccc1C#CCO)c1ccccc1F. The van der Waals surface area contributed by atoms with Crippen LogP contribution in [0, 0.1) is 17.7 Å². The third-order valence-corrected chi connectivity index (χ3v) is 2.60. The topological polar surface area (TPSA) is 49.3 Å². The molecule has 3 nitrogen and oxygen atoms in total. The fraction of sp³-hybridized carbons (Fsp3) is 0.0625. The van der Waals surface area contributed by atoms with Crippen molar-refractivity contribution in [3.05, 3.63) is 65.5 Å². The quantitative estimate of drug-likeness (QED) is 0.823. The maximum atomic E-state index is 13.5. The molecule has 0 bridgehead atoms. The van der Waals surface area contributed by atoms with Crippen molar-refractivity contribution in [2.75, 3.05) is 11.9 Å². The second-order valence-electron chi connectivity index (χ2n) is 3.94. The first-order chi connectivity index (χ1) is 9.72. The lowest BCUT2D eigenvalue weighted by Gasteiger charge is -2.08. The summed E-state index contributed by atoms with van der Waals surface area (Å²) in [7, 11) is 0. The molecule has 1 amide bonds. The average molecular weight is 269 g/mol. The van der Waals surface area contributed by atoms with Crippen LogP contribution in [0.25, 0.3) is 0 Å². The van der Waals surface area contributed by atoms with Crippen LogP contribution in [0.2, 0.25) is 0 Å². The molecule has 0 heterocycles. The highest BCUT2D eigenvalue weighted by Crippen LogP contribution is 2.16. The fourth-order valence-electron chi connectivity index (χ4n) is 1.67. The molecule has 0 radical (unpaired) electrons. The summed E-state index contributed by atoms with van der Waals surface area (Å²) in [6, 6.07) is 12.6. The minimum atomic E-state index is -0.580. The Kier molecular flexibility index (Phi) is 4.48. The summed E-state index contributed by atoms with van der Waals surface area (Å²) in [6.45, 7) is -0.268.